The predicted molar refractivity (Wildman–Crippen MR) is 137 cm³/mol. The second-order valence-corrected chi connectivity index (χ2v) is 12.1. The van der Waals surface area contributed by atoms with Gasteiger partial charge in [-0.15, -0.1) is 0 Å². The van der Waals surface area contributed by atoms with Gasteiger partial charge in [0, 0.05) is 65.2 Å². The van der Waals surface area contributed by atoms with E-state index >= 15 is 0 Å². The molecular weight excluding hydrogens is 467 g/mol. The van der Waals surface area contributed by atoms with Crippen molar-refractivity contribution in [3.8, 4) is 0 Å². The molecule has 1 aliphatic carbocycles. The predicted octanol–water partition coefficient (Wildman–Crippen LogP) is 7.04. The molecule has 6 rings (SSSR count). The zero-order valence-electron chi connectivity index (χ0n) is 20.4. The van der Waals surface area contributed by atoms with Crippen molar-refractivity contribution in [3.63, 3.8) is 0 Å². The molecule has 0 radical (unpaired) electrons. The smallest absolute Gasteiger partial charge is 0.382 e. The number of anilines is 2. The lowest BCUT2D eigenvalue weighted by Gasteiger charge is -2.57. The highest BCUT2D eigenvalue weighted by Gasteiger charge is 2.47. The van der Waals surface area contributed by atoms with Crippen molar-refractivity contribution < 1.29 is 13.2 Å². The molecule has 35 heavy (non-hydrogen) atoms. The van der Waals surface area contributed by atoms with Crippen molar-refractivity contribution in [2.45, 2.75) is 73.9 Å². The highest BCUT2D eigenvalue weighted by molar-refractivity contribution is 7.99. The average Bonchev–Trinajstić information content (AvgIpc) is 2.77. The lowest BCUT2D eigenvalue weighted by atomic mass is 9.63. The van der Waals surface area contributed by atoms with E-state index in [1.807, 2.05) is 0 Å². The normalized spacial score (nSPS) is 21.8. The van der Waals surface area contributed by atoms with Crippen LogP contribution in [0.15, 0.2) is 40.1 Å². The van der Waals surface area contributed by atoms with Gasteiger partial charge in [0.25, 0.3) is 0 Å². The van der Waals surface area contributed by atoms with Gasteiger partial charge in [0.1, 0.15) is 0 Å². The molecule has 7 heteroatoms. The Morgan fingerprint density at radius 1 is 1.06 bits per heavy atom. The Balaban J connectivity index is 1.24. The van der Waals surface area contributed by atoms with Crippen molar-refractivity contribution in [1.82, 2.24) is 4.90 Å². The Labute approximate surface area is 210 Å². The SMILES string of the molecule is CCCN1CCC(Nc2cc(C(F)(F)F)cc3c2Cc2ccc(N4CC5(CCC5)C4)cc2S3)CC1. The van der Waals surface area contributed by atoms with Crippen LogP contribution in [0.2, 0.25) is 0 Å². The van der Waals surface area contributed by atoms with E-state index in [1.165, 1.54) is 54.4 Å². The van der Waals surface area contributed by atoms with Gasteiger partial charge in [-0.2, -0.15) is 13.2 Å². The maximum atomic E-state index is 13.8. The van der Waals surface area contributed by atoms with E-state index in [9.17, 15) is 13.2 Å². The number of nitrogens with one attached hydrogen (secondary N) is 1. The number of nitrogens with zero attached hydrogens (tertiary/aromatic N) is 2. The monoisotopic (exact) mass is 501 g/mol. The number of halogens is 3. The molecule has 0 atom stereocenters. The molecule has 2 saturated heterocycles. The largest absolute Gasteiger partial charge is 0.416 e. The Bertz CT molecular complexity index is 1100. The van der Waals surface area contributed by atoms with Crippen molar-refractivity contribution in [3.05, 3.63) is 47.0 Å². The first-order chi connectivity index (χ1) is 16.8. The molecule has 2 aromatic carbocycles. The van der Waals surface area contributed by atoms with Gasteiger partial charge < -0.3 is 15.1 Å². The topological polar surface area (TPSA) is 18.5 Å². The number of benzene rings is 2. The van der Waals surface area contributed by atoms with E-state index in [2.05, 4.69) is 40.2 Å². The van der Waals surface area contributed by atoms with E-state index < -0.39 is 11.7 Å². The molecule has 0 unspecified atom stereocenters. The average molecular weight is 502 g/mol. The highest BCUT2D eigenvalue weighted by Crippen LogP contribution is 2.51. The minimum atomic E-state index is -4.35. The first kappa shape index (κ1) is 23.5. The molecule has 3 nitrogen and oxygen atoms in total. The minimum absolute atomic E-state index is 0.217. The Kier molecular flexibility index (Phi) is 5.99. The molecule has 1 spiro atoms. The summed E-state index contributed by atoms with van der Waals surface area (Å²) in [7, 11) is 0. The van der Waals surface area contributed by atoms with Gasteiger partial charge in [0.05, 0.1) is 5.56 Å². The molecule has 0 bridgehead atoms. The zero-order valence-corrected chi connectivity index (χ0v) is 21.2. The van der Waals surface area contributed by atoms with Crippen LogP contribution >= 0.6 is 11.8 Å². The quantitative estimate of drug-likeness (QED) is 0.404. The third-order valence-electron chi connectivity index (χ3n) is 8.49. The van der Waals surface area contributed by atoms with Crippen molar-refractivity contribution in [2.75, 3.05) is 42.9 Å². The first-order valence-electron chi connectivity index (χ1n) is 13.1. The molecule has 0 amide bonds. The second-order valence-electron chi connectivity index (χ2n) is 11.0. The van der Waals surface area contributed by atoms with Crippen LogP contribution in [0.3, 0.4) is 0 Å². The van der Waals surface area contributed by atoms with E-state index in [1.54, 1.807) is 0 Å². The summed E-state index contributed by atoms with van der Waals surface area (Å²) < 4.78 is 41.5. The van der Waals surface area contributed by atoms with Gasteiger partial charge >= 0.3 is 6.18 Å². The molecule has 0 aromatic heterocycles. The van der Waals surface area contributed by atoms with Gasteiger partial charge in [-0.25, -0.2) is 0 Å². The fraction of sp³-hybridized carbons (Fsp3) is 0.571. The summed E-state index contributed by atoms with van der Waals surface area (Å²) in [5.74, 6) is 0. The number of hydrogen-bond acceptors (Lipinski definition) is 4. The van der Waals surface area contributed by atoms with Crippen LogP contribution in [0.4, 0.5) is 24.5 Å². The third kappa shape index (κ3) is 4.55. The Morgan fingerprint density at radius 3 is 2.49 bits per heavy atom. The fourth-order valence-corrected chi connectivity index (χ4v) is 7.46. The van der Waals surface area contributed by atoms with Gasteiger partial charge in [-0.05, 0) is 74.0 Å². The molecule has 3 aliphatic heterocycles. The van der Waals surface area contributed by atoms with Crippen LogP contribution in [0.25, 0.3) is 0 Å². The number of piperidine rings is 1. The number of hydrogen-bond donors (Lipinski definition) is 1. The van der Waals surface area contributed by atoms with Crippen LogP contribution in [0, 0.1) is 5.41 Å². The lowest BCUT2D eigenvalue weighted by Crippen LogP contribution is -2.59. The molecule has 1 saturated carbocycles. The number of rotatable bonds is 5. The van der Waals surface area contributed by atoms with Crippen LogP contribution in [0.1, 0.15) is 62.1 Å². The third-order valence-corrected chi connectivity index (χ3v) is 9.68. The highest BCUT2D eigenvalue weighted by atomic mass is 32.2. The summed E-state index contributed by atoms with van der Waals surface area (Å²) in [4.78, 5) is 6.73. The zero-order chi connectivity index (χ0) is 24.2. The lowest BCUT2D eigenvalue weighted by molar-refractivity contribution is -0.137. The summed E-state index contributed by atoms with van der Waals surface area (Å²) in [6.07, 6.45) is 3.42. The van der Waals surface area contributed by atoms with Gasteiger partial charge in [0.2, 0.25) is 0 Å². The molecule has 1 N–H and O–H groups in total. The molecule has 3 fully saturated rings. The summed E-state index contributed by atoms with van der Waals surface area (Å²) in [6.45, 7) is 7.54. The van der Waals surface area contributed by atoms with E-state index in [0.717, 1.165) is 67.3 Å². The summed E-state index contributed by atoms with van der Waals surface area (Å²) in [6, 6.07) is 9.51. The summed E-state index contributed by atoms with van der Waals surface area (Å²) in [5.41, 5.74) is 4.10. The molecule has 4 aliphatic rings. The number of likely N-dealkylation sites (tertiary alicyclic amines) is 1. The maximum absolute atomic E-state index is 13.8. The van der Waals surface area contributed by atoms with Crippen molar-refractivity contribution in [2.24, 2.45) is 5.41 Å². The standard InChI is InChI=1S/C28H34F3N3S/c1-2-10-33-11-6-21(7-12-33)32-24-14-20(28(29,30)31)15-26-23(24)13-19-4-5-22(16-25(19)35-26)34-17-27(18-34)8-3-9-27/h4-5,14-16,21,32H,2-3,6-13,17-18H2,1H3. The van der Waals surface area contributed by atoms with Crippen LogP contribution < -0.4 is 10.2 Å². The molecule has 188 valence electrons. The minimum Gasteiger partial charge on any atom is -0.382 e. The maximum Gasteiger partial charge on any atom is 0.416 e. The Hall–Kier alpha value is -1.86. The molecule has 3 heterocycles. The Morgan fingerprint density at radius 2 is 1.83 bits per heavy atom. The molecule has 2 aromatic rings. The van der Waals surface area contributed by atoms with E-state index in [4.69, 9.17) is 0 Å². The van der Waals surface area contributed by atoms with Gasteiger partial charge in [0.15, 0.2) is 0 Å². The van der Waals surface area contributed by atoms with Gasteiger partial charge in [-0.1, -0.05) is 31.2 Å². The van der Waals surface area contributed by atoms with Crippen molar-refractivity contribution in [1.29, 1.82) is 0 Å². The van der Waals surface area contributed by atoms with Crippen LogP contribution in [-0.2, 0) is 12.6 Å². The fourth-order valence-electron chi connectivity index (χ4n) is 6.28. The number of fused-ring (bicyclic) bond motifs is 2. The second kappa shape index (κ2) is 8.91. The van der Waals surface area contributed by atoms with Crippen molar-refractivity contribution >= 4 is 23.1 Å². The van der Waals surface area contributed by atoms with Crippen LogP contribution in [-0.4, -0.2) is 43.7 Å². The summed E-state index contributed by atoms with van der Waals surface area (Å²) >= 11 is 1.51. The van der Waals surface area contributed by atoms with E-state index in [-0.39, 0.29) is 6.04 Å². The van der Waals surface area contributed by atoms with E-state index in [0.29, 0.717) is 17.5 Å². The first-order valence-corrected chi connectivity index (χ1v) is 13.9. The number of alkyl halides is 3. The van der Waals surface area contributed by atoms with Crippen LogP contribution in [0.5, 0.6) is 0 Å². The molecular formula is C28H34F3N3S. The summed E-state index contributed by atoms with van der Waals surface area (Å²) in [5, 5.41) is 3.54. The van der Waals surface area contributed by atoms with Gasteiger partial charge in [-0.3, -0.25) is 0 Å².